The fraction of sp³-hybridized carbons (Fsp3) is 0. The molecule has 2 heteroatoms. The van der Waals surface area contributed by atoms with Gasteiger partial charge in [-0.1, -0.05) is 78.1 Å². The zero-order chi connectivity index (χ0) is 13.4. The van der Waals surface area contributed by atoms with Crippen molar-refractivity contribution in [3.8, 4) is 11.1 Å². The van der Waals surface area contributed by atoms with Crippen molar-refractivity contribution < 1.29 is 0 Å². The molecule has 1 aliphatic rings. The zero-order valence-corrected chi connectivity index (χ0v) is 12.4. The van der Waals surface area contributed by atoms with Gasteiger partial charge in [-0.3, -0.25) is 0 Å². The van der Waals surface area contributed by atoms with Gasteiger partial charge in [-0.25, -0.2) is 0 Å². The predicted molar refractivity (Wildman–Crippen MR) is 86.6 cm³/mol. The van der Waals surface area contributed by atoms with Gasteiger partial charge in [0.15, 0.2) is 0 Å². The lowest BCUT2D eigenvalue weighted by Crippen LogP contribution is -1.92. The normalized spacial score (nSPS) is 12.6. The van der Waals surface area contributed by atoms with Crippen molar-refractivity contribution in [2.75, 3.05) is 0 Å². The molecule has 0 aliphatic carbocycles. The van der Waals surface area contributed by atoms with Crippen molar-refractivity contribution in [1.82, 2.24) is 0 Å². The molecule has 0 unspecified atom stereocenters. The maximum absolute atomic E-state index is 2.22. The van der Waals surface area contributed by atoms with Gasteiger partial charge in [0.2, 0.25) is 0 Å². The minimum absolute atomic E-state index is 1.29. The van der Waals surface area contributed by atoms with E-state index in [-0.39, 0.29) is 0 Å². The molecular weight excluding hydrogens is 280 g/mol. The summed E-state index contributed by atoms with van der Waals surface area (Å²) in [6.07, 6.45) is 0. The smallest absolute Gasteiger partial charge is 0.0340 e. The monoisotopic (exact) mass is 292 g/mol. The molecule has 0 aromatic heterocycles. The number of hydrogen-bond donors (Lipinski definition) is 0. The van der Waals surface area contributed by atoms with Crippen molar-refractivity contribution in [3.05, 3.63) is 72.8 Å². The first-order chi connectivity index (χ1) is 9.92. The molecule has 0 fully saturated rings. The van der Waals surface area contributed by atoms with Crippen molar-refractivity contribution in [3.63, 3.8) is 0 Å². The second kappa shape index (κ2) is 5.04. The van der Waals surface area contributed by atoms with E-state index in [0.717, 1.165) is 0 Å². The molecule has 96 valence electrons. The van der Waals surface area contributed by atoms with Crippen LogP contribution in [-0.4, -0.2) is 0 Å². The van der Waals surface area contributed by atoms with Gasteiger partial charge in [0.05, 0.1) is 0 Å². The largest absolute Gasteiger partial charge is 0.0877 e. The third-order valence-electron chi connectivity index (χ3n) is 3.34. The molecule has 0 saturated heterocycles. The molecule has 0 N–H and O–H groups in total. The van der Waals surface area contributed by atoms with Crippen molar-refractivity contribution in [2.24, 2.45) is 0 Å². The Balaban J connectivity index is 1.87. The van der Waals surface area contributed by atoms with Gasteiger partial charge in [0.1, 0.15) is 0 Å². The first-order valence-corrected chi connectivity index (χ1v) is 8.18. The van der Waals surface area contributed by atoms with Gasteiger partial charge >= 0.3 is 0 Å². The third kappa shape index (κ3) is 2.05. The molecule has 0 atom stereocenters. The fourth-order valence-electron chi connectivity index (χ4n) is 2.39. The van der Waals surface area contributed by atoms with Gasteiger partial charge in [0, 0.05) is 19.6 Å². The molecule has 0 amide bonds. The average molecular weight is 292 g/mol. The van der Waals surface area contributed by atoms with E-state index in [0.29, 0.717) is 0 Å². The molecule has 3 aromatic rings. The second-order valence-electron chi connectivity index (χ2n) is 4.65. The Morgan fingerprint density at radius 2 is 1.15 bits per heavy atom. The van der Waals surface area contributed by atoms with Gasteiger partial charge in [-0.15, -0.1) is 0 Å². The summed E-state index contributed by atoms with van der Waals surface area (Å²) in [4.78, 5) is 5.45. The van der Waals surface area contributed by atoms with Crippen LogP contribution in [0.25, 0.3) is 11.1 Å². The molecule has 1 heterocycles. The van der Waals surface area contributed by atoms with Crippen LogP contribution in [0, 0.1) is 0 Å². The Bertz CT molecular complexity index is 763. The lowest BCUT2D eigenvalue weighted by molar-refractivity contribution is 1.16. The highest BCUT2D eigenvalue weighted by Crippen LogP contribution is 2.51. The molecule has 0 spiro atoms. The summed E-state index contributed by atoms with van der Waals surface area (Å²) in [6, 6.07) is 25.9. The Hall–Kier alpha value is -1.64. The Labute approximate surface area is 127 Å². The fourth-order valence-corrected chi connectivity index (χ4v) is 4.79. The molecule has 4 rings (SSSR count). The second-order valence-corrected chi connectivity index (χ2v) is 6.79. The Morgan fingerprint density at radius 1 is 0.500 bits per heavy atom. The first-order valence-electron chi connectivity index (χ1n) is 6.55. The molecule has 0 bridgehead atoms. The van der Waals surface area contributed by atoms with Gasteiger partial charge in [-0.2, -0.15) is 0 Å². The molecule has 20 heavy (non-hydrogen) atoms. The highest BCUT2D eigenvalue weighted by atomic mass is 32.2. The first kappa shape index (κ1) is 12.1. The highest BCUT2D eigenvalue weighted by molar-refractivity contribution is 8.05. The Morgan fingerprint density at radius 3 is 1.95 bits per heavy atom. The van der Waals surface area contributed by atoms with E-state index in [4.69, 9.17) is 0 Å². The maximum atomic E-state index is 2.22. The van der Waals surface area contributed by atoms with Crippen LogP contribution in [0.15, 0.2) is 92.4 Å². The lowest BCUT2D eigenvalue weighted by atomic mass is 10.1. The van der Waals surface area contributed by atoms with Crippen LogP contribution in [0.3, 0.4) is 0 Å². The van der Waals surface area contributed by atoms with Crippen LogP contribution in [0.4, 0.5) is 0 Å². The van der Waals surface area contributed by atoms with Crippen LogP contribution in [0.2, 0.25) is 0 Å². The van der Waals surface area contributed by atoms with Gasteiger partial charge in [-0.05, 0) is 29.3 Å². The molecular formula is C18H12S2. The number of rotatable bonds is 1. The summed E-state index contributed by atoms with van der Waals surface area (Å²) in [5.41, 5.74) is 2.62. The Kier molecular flexibility index (Phi) is 3.06. The molecule has 3 aromatic carbocycles. The van der Waals surface area contributed by atoms with E-state index in [1.807, 2.05) is 23.5 Å². The van der Waals surface area contributed by atoms with Gasteiger partial charge in [0.25, 0.3) is 0 Å². The average Bonchev–Trinajstić information content (AvgIpc) is 2.53. The molecule has 0 saturated carbocycles. The van der Waals surface area contributed by atoms with Gasteiger partial charge < -0.3 is 0 Å². The number of fused-ring (bicyclic) bond motifs is 2. The van der Waals surface area contributed by atoms with Crippen LogP contribution in [0.5, 0.6) is 0 Å². The van der Waals surface area contributed by atoms with E-state index in [2.05, 4.69) is 72.8 Å². The summed E-state index contributed by atoms with van der Waals surface area (Å²) in [6.45, 7) is 0. The predicted octanol–water partition coefficient (Wildman–Crippen LogP) is 5.97. The van der Waals surface area contributed by atoms with Crippen molar-refractivity contribution in [1.29, 1.82) is 0 Å². The van der Waals surface area contributed by atoms with Crippen LogP contribution >= 0.6 is 23.5 Å². The summed E-state index contributed by atoms with van der Waals surface area (Å²) in [5.74, 6) is 0. The molecule has 1 aliphatic heterocycles. The summed E-state index contributed by atoms with van der Waals surface area (Å²) < 4.78 is 0. The zero-order valence-electron chi connectivity index (χ0n) is 10.7. The molecule has 0 radical (unpaired) electrons. The minimum Gasteiger partial charge on any atom is -0.0877 e. The third-order valence-corrected chi connectivity index (χ3v) is 5.96. The van der Waals surface area contributed by atoms with E-state index in [1.165, 1.54) is 30.7 Å². The summed E-state index contributed by atoms with van der Waals surface area (Å²) >= 11 is 3.75. The topological polar surface area (TPSA) is 0 Å². The summed E-state index contributed by atoms with van der Waals surface area (Å²) in [7, 11) is 0. The van der Waals surface area contributed by atoms with Crippen molar-refractivity contribution >= 4 is 23.5 Å². The standard InChI is InChI=1S/C18H12S2/c1-2-7-13(8-3-1)14-9-6-12-17-18(14)20-16-11-5-4-10-15(16)19-17/h1-12H. The quantitative estimate of drug-likeness (QED) is 0.424. The lowest BCUT2D eigenvalue weighted by Gasteiger charge is -2.20. The van der Waals surface area contributed by atoms with Crippen LogP contribution in [-0.2, 0) is 0 Å². The minimum atomic E-state index is 1.29. The van der Waals surface area contributed by atoms with E-state index >= 15 is 0 Å². The summed E-state index contributed by atoms with van der Waals surface area (Å²) in [5, 5.41) is 0. The number of hydrogen-bond acceptors (Lipinski definition) is 2. The van der Waals surface area contributed by atoms with E-state index < -0.39 is 0 Å². The highest BCUT2D eigenvalue weighted by Gasteiger charge is 2.19. The SMILES string of the molecule is c1ccc(-c2cccc3c2Sc2ccccc2S3)cc1. The molecule has 0 nitrogen and oxygen atoms in total. The number of benzene rings is 3. The maximum Gasteiger partial charge on any atom is 0.0340 e. The van der Waals surface area contributed by atoms with Crippen LogP contribution < -0.4 is 0 Å². The van der Waals surface area contributed by atoms with E-state index in [9.17, 15) is 0 Å². The van der Waals surface area contributed by atoms with E-state index in [1.54, 1.807) is 0 Å². The van der Waals surface area contributed by atoms with Crippen molar-refractivity contribution in [2.45, 2.75) is 19.6 Å². The van der Waals surface area contributed by atoms with Crippen LogP contribution in [0.1, 0.15) is 0 Å².